The molecule has 0 saturated carbocycles. The summed E-state index contributed by atoms with van der Waals surface area (Å²) in [6.07, 6.45) is 2.95. The van der Waals surface area contributed by atoms with Crippen LogP contribution in [0.3, 0.4) is 0 Å². The standard InChI is InChI=1S/C38H42Cl2N4O4S/c1-5-28-32(23-41)37(48-4)31-12-7-6-11-30(31)36(28)38(45)43(3)24-27(26-14-15-33(39)34(40)22-26)18-21-44-19-16-25(17-20-44)29-10-8-9-13-35(29)49(46,47)42-2/h6-15,22,25,27,42H,5,16-21,24H2,1-4H3/t27-/m1/s1. The van der Waals surface area contributed by atoms with Crippen molar-refractivity contribution in [3.8, 4) is 11.8 Å². The van der Waals surface area contributed by atoms with Gasteiger partial charge in [0.05, 0.1) is 33.2 Å². The maximum atomic E-state index is 14.4. The Morgan fingerprint density at radius 2 is 1.73 bits per heavy atom. The summed E-state index contributed by atoms with van der Waals surface area (Å²) in [5, 5.41) is 12.5. The molecule has 1 saturated heterocycles. The highest BCUT2D eigenvalue weighted by Crippen LogP contribution is 2.38. The van der Waals surface area contributed by atoms with Crippen LogP contribution in [0.25, 0.3) is 10.8 Å². The second-order valence-corrected chi connectivity index (χ2v) is 15.1. The van der Waals surface area contributed by atoms with Crippen LogP contribution >= 0.6 is 23.2 Å². The first-order chi connectivity index (χ1) is 23.5. The van der Waals surface area contributed by atoms with Crippen LogP contribution in [0, 0.1) is 11.3 Å². The van der Waals surface area contributed by atoms with Crippen LogP contribution in [0.15, 0.2) is 71.6 Å². The maximum absolute atomic E-state index is 14.4. The minimum absolute atomic E-state index is 0.0482. The molecule has 5 rings (SSSR count). The number of hydrogen-bond donors (Lipinski definition) is 1. The van der Waals surface area contributed by atoms with Gasteiger partial charge in [0.1, 0.15) is 11.8 Å². The predicted octanol–water partition coefficient (Wildman–Crippen LogP) is 7.62. The first kappa shape index (κ1) is 36.6. The molecular formula is C38H42Cl2N4O4S. The van der Waals surface area contributed by atoms with Gasteiger partial charge in [-0.25, -0.2) is 13.1 Å². The van der Waals surface area contributed by atoms with Gasteiger partial charge in [0, 0.05) is 24.9 Å². The number of methoxy groups -OCH3 is 1. The third-order valence-corrected chi connectivity index (χ3v) is 11.9. The van der Waals surface area contributed by atoms with Gasteiger partial charge in [-0.05, 0) is 98.6 Å². The molecule has 1 fully saturated rings. The topological polar surface area (TPSA) is 103 Å². The second-order valence-electron chi connectivity index (χ2n) is 12.5. The fourth-order valence-corrected chi connectivity index (χ4v) is 8.43. The molecule has 1 amide bonds. The van der Waals surface area contributed by atoms with Crippen LogP contribution in [-0.4, -0.2) is 71.5 Å². The number of amides is 1. The largest absolute Gasteiger partial charge is 0.495 e. The van der Waals surface area contributed by atoms with Crippen molar-refractivity contribution in [2.75, 3.05) is 47.4 Å². The monoisotopic (exact) mass is 720 g/mol. The van der Waals surface area contributed by atoms with E-state index in [1.165, 1.54) is 7.05 Å². The summed E-state index contributed by atoms with van der Waals surface area (Å²) in [6.45, 7) is 4.82. The molecule has 49 heavy (non-hydrogen) atoms. The van der Waals surface area contributed by atoms with Crippen molar-refractivity contribution >= 4 is 49.9 Å². The number of ether oxygens (including phenoxy) is 1. The van der Waals surface area contributed by atoms with Crippen LogP contribution in [0.2, 0.25) is 10.0 Å². The van der Waals surface area contributed by atoms with Gasteiger partial charge in [-0.3, -0.25) is 4.79 Å². The lowest BCUT2D eigenvalue weighted by Gasteiger charge is -2.34. The number of fused-ring (bicyclic) bond motifs is 1. The lowest BCUT2D eigenvalue weighted by Crippen LogP contribution is -2.37. The Morgan fingerprint density at radius 1 is 1.06 bits per heavy atom. The highest BCUT2D eigenvalue weighted by Gasteiger charge is 2.29. The van der Waals surface area contributed by atoms with Gasteiger partial charge >= 0.3 is 0 Å². The average molecular weight is 722 g/mol. The third-order valence-electron chi connectivity index (χ3n) is 9.71. The third kappa shape index (κ3) is 7.74. The highest BCUT2D eigenvalue weighted by molar-refractivity contribution is 7.89. The summed E-state index contributed by atoms with van der Waals surface area (Å²) in [5.41, 5.74) is 3.43. The van der Waals surface area contributed by atoms with Gasteiger partial charge in [0.25, 0.3) is 5.91 Å². The second kappa shape index (κ2) is 15.9. The number of hydrogen-bond acceptors (Lipinski definition) is 6. The van der Waals surface area contributed by atoms with E-state index in [9.17, 15) is 18.5 Å². The predicted molar refractivity (Wildman–Crippen MR) is 196 cm³/mol. The molecule has 4 aromatic rings. The van der Waals surface area contributed by atoms with Gasteiger partial charge in [0.2, 0.25) is 10.0 Å². The van der Waals surface area contributed by atoms with Crippen molar-refractivity contribution in [3.63, 3.8) is 0 Å². The van der Waals surface area contributed by atoms with Crippen molar-refractivity contribution in [1.82, 2.24) is 14.5 Å². The minimum atomic E-state index is -3.55. The van der Waals surface area contributed by atoms with Gasteiger partial charge < -0.3 is 14.5 Å². The SMILES string of the molecule is CCc1c(C#N)c(OC)c2ccccc2c1C(=O)N(C)C[C@@H](CCN1CCC(c2ccccc2S(=O)(=O)NC)CC1)c1ccc(Cl)c(Cl)c1. The number of benzene rings is 4. The molecule has 11 heteroatoms. The van der Waals surface area contributed by atoms with Crippen molar-refractivity contribution in [3.05, 3.63) is 105 Å². The molecule has 1 atom stereocenters. The molecule has 0 unspecified atom stereocenters. The van der Waals surface area contributed by atoms with E-state index in [1.54, 1.807) is 37.3 Å². The summed E-state index contributed by atoms with van der Waals surface area (Å²) < 4.78 is 33.5. The number of nitrogens with zero attached hydrogens (tertiary/aromatic N) is 3. The fourth-order valence-electron chi connectivity index (χ4n) is 7.10. The summed E-state index contributed by atoms with van der Waals surface area (Å²) in [7, 11) is 1.24. The number of likely N-dealkylation sites (tertiary alicyclic amines) is 1. The summed E-state index contributed by atoms with van der Waals surface area (Å²) in [4.78, 5) is 18.9. The van der Waals surface area contributed by atoms with E-state index in [2.05, 4.69) is 15.7 Å². The van der Waals surface area contributed by atoms with Crippen molar-refractivity contribution in [1.29, 1.82) is 5.26 Å². The molecule has 0 aromatic heterocycles. The highest BCUT2D eigenvalue weighted by atomic mass is 35.5. The van der Waals surface area contributed by atoms with Crippen molar-refractivity contribution < 1.29 is 17.9 Å². The zero-order valence-corrected chi connectivity index (χ0v) is 30.6. The molecular weight excluding hydrogens is 679 g/mol. The Morgan fingerprint density at radius 3 is 2.37 bits per heavy atom. The number of nitrogens with one attached hydrogen (secondary N) is 1. The number of carbonyl (C=O) groups is 1. The number of likely N-dealkylation sites (N-methyl/N-ethyl adjacent to an activating group) is 1. The van der Waals surface area contributed by atoms with Crippen LogP contribution < -0.4 is 9.46 Å². The molecule has 0 spiro atoms. The minimum Gasteiger partial charge on any atom is -0.495 e. The lowest BCUT2D eigenvalue weighted by atomic mass is 9.88. The summed E-state index contributed by atoms with van der Waals surface area (Å²) >= 11 is 12.8. The van der Waals surface area contributed by atoms with Crippen molar-refractivity contribution in [2.45, 2.75) is 49.3 Å². The van der Waals surface area contributed by atoms with Crippen LogP contribution in [-0.2, 0) is 16.4 Å². The van der Waals surface area contributed by atoms with Crippen LogP contribution in [0.5, 0.6) is 5.75 Å². The van der Waals surface area contributed by atoms with E-state index in [1.807, 2.05) is 55.5 Å². The molecule has 0 bridgehead atoms. The van der Waals surface area contributed by atoms with Crippen LogP contribution in [0.4, 0.5) is 0 Å². The molecule has 0 aliphatic carbocycles. The fraction of sp³-hybridized carbons (Fsp3) is 0.368. The first-order valence-electron chi connectivity index (χ1n) is 16.5. The Kier molecular flexibility index (Phi) is 11.9. The zero-order chi connectivity index (χ0) is 35.3. The molecule has 1 aliphatic rings. The Hall–Kier alpha value is -3.65. The van der Waals surface area contributed by atoms with Crippen LogP contribution in [0.1, 0.15) is 70.6 Å². The van der Waals surface area contributed by atoms with E-state index in [4.69, 9.17) is 27.9 Å². The number of piperidine rings is 1. The zero-order valence-electron chi connectivity index (χ0n) is 28.3. The number of rotatable bonds is 12. The van der Waals surface area contributed by atoms with E-state index >= 15 is 0 Å². The van der Waals surface area contributed by atoms with Gasteiger partial charge in [-0.2, -0.15) is 5.26 Å². The summed E-state index contributed by atoms with van der Waals surface area (Å²) in [5.74, 6) is 0.426. The van der Waals surface area contributed by atoms with E-state index in [-0.39, 0.29) is 17.7 Å². The molecule has 258 valence electrons. The lowest BCUT2D eigenvalue weighted by molar-refractivity contribution is 0.0782. The number of nitriles is 1. The van der Waals surface area contributed by atoms with Gasteiger partial charge in [-0.1, -0.05) is 78.7 Å². The average Bonchev–Trinajstić information content (AvgIpc) is 3.13. The Bertz CT molecular complexity index is 1990. The molecule has 0 radical (unpaired) electrons. The molecule has 1 N–H and O–H groups in total. The quantitative estimate of drug-likeness (QED) is 0.162. The normalized spacial score (nSPS) is 14.8. The molecule has 8 nitrogen and oxygen atoms in total. The maximum Gasteiger partial charge on any atom is 0.254 e. The number of sulfonamides is 1. The van der Waals surface area contributed by atoms with E-state index in [0.717, 1.165) is 60.8 Å². The molecule has 1 heterocycles. The smallest absolute Gasteiger partial charge is 0.254 e. The number of halogens is 2. The molecule has 4 aromatic carbocycles. The number of carbonyl (C=O) groups excluding carboxylic acids is 1. The Labute approximate surface area is 299 Å². The first-order valence-corrected chi connectivity index (χ1v) is 18.7. The Balaban J connectivity index is 1.37. The molecule has 1 aliphatic heterocycles. The van der Waals surface area contributed by atoms with E-state index in [0.29, 0.717) is 50.3 Å². The van der Waals surface area contributed by atoms with E-state index < -0.39 is 10.0 Å². The summed E-state index contributed by atoms with van der Waals surface area (Å²) in [6, 6.07) is 22.7. The van der Waals surface area contributed by atoms with Gasteiger partial charge in [0.15, 0.2) is 0 Å². The van der Waals surface area contributed by atoms with Gasteiger partial charge in [-0.15, -0.1) is 0 Å². The van der Waals surface area contributed by atoms with Crippen molar-refractivity contribution in [2.24, 2.45) is 0 Å².